The lowest BCUT2D eigenvalue weighted by Crippen LogP contribution is -2.30. The van der Waals surface area contributed by atoms with Crippen LogP contribution in [0, 0.1) is 5.82 Å². The van der Waals surface area contributed by atoms with E-state index in [9.17, 15) is 9.18 Å². The summed E-state index contributed by atoms with van der Waals surface area (Å²) >= 11 is 0. The van der Waals surface area contributed by atoms with E-state index in [2.05, 4.69) is 10.3 Å². The number of anilines is 1. The van der Waals surface area contributed by atoms with Gasteiger partial charge in [0.2, 0.25) is 0 Å². The topological polar surface area (TPSA) is 51.2 Å². The van der Waals surface area contributed by atoms with E-state index in [0.29, 0.717) is 5.69 Å². The molecule has 2 rings (SSSR count). The molecule has 0 bridgehead atoms. The highest BCUT2D eigenvalue weighted by molar-refractivity contribution is 5.93. The van der Waals surface area contributed by atoms with Gasteiger partial charge in [-0.1, -0.05) is 12.1 Å². The molecule has 2 aromatic rings. The Labute approximate surface area is 110 Å². The monoisotopic (exact) mass is 260 g/mol. The summed E-state index contributed by atoms with van der Waals surface area (Å²) < 4.78 is 18.6. The van der Waals surface area contributed by atoms with Gasteiger partial charge >= 0.3 is 0 Å². The Kier molecular flexibility index (Phi) is 4.07. The van der Waals surface area contributed by atoms with Crippen molar-refractivity contribution in [2.45, 2.75) is 13.0 Å². The van der Waals surface area contributed by atoms with Gasteiger partial charge in [0.25, 0.3) is 5.91 Å². The lowest BCUT2D eigenvalue weighted by molar-refractivity contribution is -0.122. The maximum Gasteiger partial charge on any atom is 0.265 e. The van der Waals surface area contributed by atoms with Crippen LogP contribution in [-0.4, -0.2) is 17.0 Å². The number of ether oxygens (including phenoxy) is 1. The molecule has 0 saturated heterocycles. The van der Waals surface area contributed by atoms with Gasteiger partial charge in [-0.05, 0) is 31.2 Å². The fourth-order valence-electron chi connectivity index (χ4n) is 1.46. The van der Waals surface area contributed by atoms with Gasteiger partial charge in [0.15, 0.2) is 17.7 Å². The predicted molar refractivity (Wildman–Crippen MR) is 69.4 cm³/mol. The SMILES string of the molecule is C[C@H](Oc1ccccc1F)C(=O)Nc1cccnc1. The Balaban J connectivity index is 1.98. The van der Waals surface area contributed by atoms with Crippen LogP contribution in [-0.2, 0) is 4.79 Å². The standard InChI is InChI=1S/C14H13FN2O2/c1-10(19-13-7-3-2-6-12(13)15)14(18)17-11-5-4-8-16-9-11/h2-10H,1H3,(H,17,18)/t10-/m0/s1. The average Bonchev–Trinajstić information content (AvgIpc) is 2.42. The van der Waals surface area contributed by atoms with Crippen LogP contribution in [0.4, 0.5) is 10.1 Å². The Hall–Kier alpha value is -2.43. The third-order valence-corrected chi connectivity index (χ3v) is 2.44. The first-order valence-electron chi connectivity index (χ1n) is 5.79. The van der Waals surface area contributed by atoms with E-state index in [-0.39, 0.29) is 11.7 Å². The number of amides is 1. The first-order chi connectivity index (χ1) is 9.16. The van der Waals surface area contributed by atoms with Crippen LogP contribution >= 0.6 is 0 Å². The predicted octanol–water partition coefficient (Wildman–Crippen LogP) is 2.63. The zero-order valence-corrected chi connectivity index (χ0v) is 10.3. The molecule has 0 saturated carbocycles. The number of carbonyl (C=O) groups is 1. The lowest BCUT2D eigenvalue weighted by atomic mass is 10.3. The Morgan fingerprint density at radius 1 is 1.32 bits per heavy atom. The van der Waals surface area contributed by atoms with Crippen LogP contribution in [0.15, 0.2) is 48.8 Å². The number of halogens is 1. The lowest BCUT2D eigenvalue weighted by Gasteiger charge is -2.14. The highest BCUT2D eigenvalue weighted by Crippen LogP contribution is 2.17. The number of rotatable bonds is 4. The van der Waals surface area contributed by atoms with Crippen molar-refractivity contribution in [1.29, 1.82) is 0 Å². The second-order valence-corrected chi connectivity index (χ2v) is 3.92. The van der Waals surface area contributed by atoms with Gasteiger partial charge in [-0.15, -0.1) is 0 Å². The molecule has 1 aromatic heterocycles. The van der Waals surface area contributed by atoms with E-state index in [4.69, 9.17) is 4.74 Å². The van der Waals surface area contributed by atoms with Crippen molar-refractivity contribution in [3.05, 3.63) is 54.6 Å². The molecule has 0 unspecified atom stereocenters. The molecule has 1 N–H and O–H groups in total. The highest BCUT2D eigenvalue weighted by Gasteiger charge is 2.16. The third kappa shape index (κ3) is 3.51. The molecule has 0 aliphatic rings. The second-order valence-electron chi connectivity index (χ2n) is 3.92. The summed E-state index contributed by atoms with van der Waals surface area (Å²) in [7, 11) is 0. The normalized spacial score (nSPS) is 11.7. The van der Waals surface area contributed by atoms with Crippen LogP contribution in [0.1, 0.15) is 6.92 Å². The van der Waals surface area contributed by atoms with Crippen molar-refractivity contribution in [3.8, 4) is 5.75 Å². The largest absolute Gasteiger partial charge is 0.478 e. The molecule has 1 amide bonds. The van der Waals surface area contributed by atoms with Crippen molar-refractivity contribution in [1.82, 2.24) is 4.98 Å². The molecule has 0 aliphatic carbocycles. The molecular formula is C14H13FN2O2. The minimum atomic E-state index is -0.808. The fraction of sp³-hybridized carbons (Fsp3) is 0.143. The van der Waals surface area contributed by atoms with Gasteiger partial charge in [-0.3, -0.25) is 9.78 Å². The number of hydrogen-bond acceptors (Lipinski definition) is 3. The van der Waals surface area contributed by atoms with Gasteiger partial charge in [0.1, 0.15) is 0 Å². The molecule has 0 radical (unpaired) electrons. The van der Waals surface area contributed by atoms with Crippen molar-refractivity contribution in [2.24, 2.45) is 0 Å². The van der Waals surface area contributed by atoms with Gasteiger partial charge < -0.3 is 10.1 Å². The third-order valence-electron chi connectivity index (χ3n) is 2.44. The van der Waals surface area contributed by atoms with E-state index < -0.39 is 11.9 Å². The molecule has 19 heavy (non-hydrogen) atoms. The highest BCUT2D eigenvalue weighted by atomic mass is 19.1. The summed E-state index contributed by atoms with van der Waals surface area (Å²) in [5.41, 5.74) is 0.566. The minimum Gasteiger partial charge on any atom is -0.478 e. The first kappa shape index (κ1) is 13.0. The number of benzene rings is 1. The smallest absolute Gasteiger partial charge is 0.265 e. The summed E-state index contributed by atoms with van der Waals surface area (Å²) in [4.78, 5) is 15.7. The molecule has 0 aliphatic heterocycles. The van der Waals surface area contributed by atoms with E-state index in [1.54, 1.807) is 37.4 Å². The van der Waals surface area contributed by atoms with E-state index in [0.717, 1.165) is 0 Å². The maximum atomic E-state index is 13.4. The minimum absolute atomic E-state index is 0.0522. The average molecular weight is 260 g/mol. The molecule has 1 heterocycles. The maximum absolute atomic E-state index is 13.4. The zero-order chi connectivity index (χ0) is 13.7. The van der Waals surface area contributed by atoms with Crippen molar-refractivity contribution in [3.63, 3.8) is 0 Å². The van der Waals surface area contributed by atoms with E-state index in [1.165, 1.54) is 18.3 Å². The number of aromatic nitrogens is 1. The number of nitrogens with zero attached hydrogens (tertiary/aromatic N) is 1. The molecular weight excluding hydrogens is 247 g/mol. The summed E-state index contributed by atoms with van der Waals surface area (Å²) in [6, 6.07) is 9.37. The summed E-state index contributed by atoms with van der Waals surface area (Å²) in [6.45, 7) is 1.55. The summed E-state index contributed by atoms with van der Waals surface area (Å²) in [5.74, 6) is -0.809. The number of hydrogen-bond donors (Lipinski definition) is 1. The van der Waals surface area contributed by atoms with Crippen LogP contribution in [0.25, 0.3) is 0 Å². The molecule has 98 valence electrons. The second kappa shape index (κ2) is 5.95. The van der Waals surface area contributed by atoms with Crippen LogP contribution in [0.3, 0.4) is 0 Å². The Bertz CT molecular complexity index is 560. The molecule has 1 aromatic carbocycles. The van der Waals surface area contributed by atoms with Gasteiger partial charge in [-0.2, -0.15) is 0 Å². The zero-order valence-electron chi connectivity index (χ0n) is 10.3. The van der Waals surface area contributed by atoms with Crippen LogP contribution < -0.4 is 10.1 Å². The number of para-hydroxylation sites is 1. The van der Waals surface area contributed by atoms with Crippen molar-refractivity contribution in [2.75, 3.05) is 5.32 Å². The van der Waals surface area contributed by atoms with E-state index in [1.807, 2.05) is 0 Å². The molecule has 0 fully saturated rings. The van der Waals surface area contributed by atoms with Crippen LogP contribution in [0.5, 0.6) is 5.75 Å². The van der Waals surface area contributed by atoms with E-state index >= 15 is 0 Å². The quantitative estimate of drug-likeness (QED) is 0.919. The molecule has 4 nitrogen and oxygen atoms in total. The fourth-order valence-corrected chi connectivity index (χ4v) is 1.46. The van der Waals surface area contributed by atoms with Crippen LogP contribution in [0.2, 0.25) is 0 Å². The Morgan fingerprint density at radius 2 is 2.11 bits per heavy atom. The van der Waals surface area contributed by atoms with Gasteiger partial charge in [0, 0.05) is 6.20 Å². The molecule has 5 heteroatoms. The first-order valence-corrected chi connectivity index (χ1v) is 5.79. The molecule has 1 atom stereocenters. The number of pyridine rings is 1. The molecule has 0 spiro atoms. The summed E-state index contributed by atoms with van der Waals surface area (Å²) in [6.07, 6.45) is 2.32. The van der Waals surface area contributed by atoms with Gasteiger partial charge in [-0.25, -0.2) is 4.39 Å². The number of nitrogens with one attached hydrogen (secondary N) is 1. The number of carbonyl (C=O) groups excluding carboxylic acids is 1. The summed E-state index contributed by atoms with van der Waals surface area (Å²) in [5, 5.41) is 2.63. The van der Waals surface area contributed by atoms with Crippen molar-refractivity contribution >= 4 is 11.6 Å². The van der Waals surface area contributed by atoms with Crippen molar-refractivity contribution < 1.29 is 13.9 Å². The Morgan fingerprint density at radius 3 is 2.79 bits per heavy atom. The van der Waals surface area contributed by atoms with Gasteiger partial charge in [0.05, 0.1) is 11.9 Å².